The third-order valence-corrected chi connectivity index (χ3v) is 13.8. The molecule has 64 heavy (non-hydrogen) atoms. The lowest BCUT2D eigenvalue weighted by Crippen LogP contribution is -2.46. The average molecular weight is 980 g/mol. The minimum Gasteiger partial charge on any atom is -0.497 e. The van der Waals surface area contributed by atoms with Crippen molar-refractivity contribution in [2.75, 3.05) is 44.9 Å². The first-order valence-electron chi connectivity index (χ1n) is 19.0. The lowest BCUT2D eigenvalue weighted by Gasteiger charge is -2.30. The summed E-state index contributed by atoms with van der Waals surface area (Å²) in [6.07, 6.45) is -6.99. The summed E-state index contributed by atoms with van der Waals surface area (Å²) in [5.74, 6) is -0.867. The van der Waals surface area contributed by atoms with Crippen molar-refractivity contribution in [1.82, 2.24) is 30.2 Å². The van der Waals surface area contributed by atoms with Crippen molar-refractivity contribution in [3.8, 4) is 5.75 Å². The largest absolute Gasteiger partial charge is 0.497 e. The minimum atomic E-state index is -5.59. The first-order valence-corrected chi connectivity index (χ1v) is 24.5. The number of rotatable bonds is 22. The molecule has 0 bridgehead atoms. The summed E-state index contributed by atoms with van der Waals surface area (Å²) >= 11 is 1.06. The lowest BCUT2D eigenvalue weighted by molar-refractivity contribution is -0.137. The van der Waals surface area contributed by atoms with E-state index in [9.17, 15) is 57.9 Å². The maximum atomic E-state index is 12.8. The highest BCUT2D eigenvalue weighted by molar-refractivity contribution is 8.13. The first kappa shape index (κ1) is 51.1. The van der Waals surface area contributed by atoms with Crippen molar-refractivity contribution in [3.63, 3.8) is 0 Å². The highest BCUT2D eigenvalue weighted by Gasteiger charge is 2.50. The number of imidazole rings is 1. The van der Waals surface area contributed by atoms with E-state index in [0.717, 1.165) is 51.1 Å². The number of aliphatic hydroxyl groups is 2. The van der Waals surface area contributed by atoms with Crippen molar-refractivity contribution >= 4 is 79.9 Å². The number of ether oxygens (including phenoxy) is 2. The summed E-state index contributed by atoms with van der Waals surface area (Å²) < 4.78 is 67.6. The van der Waals surface area contributed by atoms with E-state index in [0.29, 0.717) is 5.75 Å². The number of aliphatic hydroxyl groups excluding tert-OH is 2. The second kappa shape index (κ2) is 21.1. The van der Waals surface area contributed by atoms with Gasteiger partial charge in [0.05, 0.1) is 32.6 Å². The second-order valence-electron chi connectivity index (χ2n) is 14.9. The van der Waals surface area contributed by atoms with E-state index in [2.05, 4.69) is 34.4 Å². The molecule has 352 valence electrons. The van der Waals surface area contributed by atoms with Gasteiger partial charge in [-0.3, -0.25) is 32.5 Å². The van der Waals surface area contributed by atoms with Gasteiger partial charge in [0.25, 0.3) is 0 Å². The van der Waals surface area contributed by atoms with Crippen molar-refractivity contribution in [2.45, 2.75) is 63.8 Å². The predicted octanol–water partition coefficient (Wildman–Crippen LogP) is 1.63. The number of nitrogens with two attached hydrogens (primary N) is 1. The van der Waals surface area contributed by atoms with E-state index in [1.165, 1.54) is 13.8 Å². The Labute approximate surface area is 368 Å². The van der Waals surface area contributed by atoms with Gasteiger partial charge in [-0.2, -0.15) is 4.31 Å². The van der Waals surface area contributed by atoms with E-state index in [4.69, 9.17) is 24.3 Å². The Kier molecular flexibility index (Phi) is 16.9. The van der Waals surface area contributed by atoms with Crippen LogP contribution in [0.15, 0.2) is 49.1 Å². The Morgan fingerprint density at radius 1 is 0.984 bits per heavy atom. The zero-order valence-electron chi connectivity index (χ0n) is 34.5. The van der Waals surface area contributed by atoms with E-state index < -0.39 is 90.5 Å². The van der Waals surface area contributed by atoms with Crippen LogP contribution in [0.25, 0.3) is 21.9 Å². The smallest absolute Gasteiger partial charge is 0.481 e. The third-order valence-electron chi connectivity index (χ3n) is 9.67. The standard InChI is InChI=1S/C35H48N7O18P3S/c1-19(20-5-6-22-14-23(55-4)8-7-21(22)13-20)34(47)64-12-11-37-25(43)9-10-38-32(46)29(45)35(2,3)16-57-63(53,54)60-62(51,52)56-15-24-28(59-61(48,49)50)27(44)33(58-24)42-18-41-26-30(36)39-17-40-31(26)42/h5-8,13-14,17-19,24,27-29,33,44-45H,9-12,15-16H2,1-4H3,(H,37,43)(H,38,46)(H,51,52)(H,53,54)(H2,36,39,40)(H2,48,49,50)/t19-,24?,27?,28?,29?,33?/m0/s1. The number of nitrogens with zero attached hydrogens (tertiary/aromatic N) is 4. The number of nitrogens with one attached hydrogen (secondary N) is 2. The van der Waals surface area contributed by atoms with Crippen LogP contribution in [0.5, 0.6) is 5.75 Å². The molecule has 5 rings (SSSR count). The maximum Gasteiger partial charge on any atom is 0.481 e. The number of anilines is 1. The molecule has 0 radical (unpaired) electrons. The maximum absolute atomic E-state index is 12.8. The van der Waals surface area contributed by atoms with Crippen molar-refractivity contribution in [2.24, 2.45) is 5.41 Å². The van der Waals surface area contributed by atoms with Crippen LogP contribution in [0.2, 0.25) is 0 Å². The molecule has 1 aliphatic rings. The van der Waals surface area contributed by atoms with Gasteiger partial charge in [-0.15, -0.1) is 0 Å². The number of amides is 2. The number of benzene rings is 2. The van der Waals surface area contributed by atoms with Crippen LogP contribution in [0.4, 0.5) is 5.82 Å². The van der Waals surface area contributed by atoms with Crippen LogP contribution in [0.3, 0.4) is 0 Å². The van der Waals surface area contributed by atoms with Gasteiger partial charge in [0.2, 0.25) is 11.8 Å². The molecule has 1 aliphatic heterocycles. The highest BCUT2D eigenvalue weighted by atomic mass is 32.2. The van der Waals surface area contributed by atoms with Crippen LogP contribution in [-0.2, 0) is 50.7 Å². The number of carbonyl (C=O) groups is 3. The van der Waals surface area contributed by atoms with E-state index in [-0.39, 0.29) is 41.6 Å². The Hall–Kier alpha value is -3.94. The van der Waals surface area contributed by atoms with Crippen LogP contribution in [-0.4, -0.2) is 130 Å². The number of nitrogen functional groups attached to an aromatic ring is 1. The zero-order valence-corrected chi connectivity index (χ0v) is 38.0. The van der Waals surface area contributed by atoms with Crippen LogP contribution >= 0.6 is 35.2 Å². The zero-order chi connectivity index (χ0) is 47.2. The molecular weight excluding hydrogens is 931 g/mol. The van der Waals surface area contributed by atoms with Crippen molar-refractivity contribution in [3.05, 3.63) is 54.6 Å². The molecule has 1 saturated heterocycles. The second-order valence-corrected chi connectivity index (χ2v) is 20.3. The van der Waals surface area contributed by atoms with Gasteiger partial charge in [0.1, 0.15) is 42.0 Å². The van der Waals surface area contributed by atoms with Crippen molar-refractivity contribution in [1.29, 1.82) is 0 Å². The number of hydrogen-bond donors (Lipinski definition) is 9. The molecule has 2 aromatic carbocycles. The van der Waals surface area contributed by atoms with Gasteiger partial charge >= 0.3 is 23.5 Å². The molecule has 0 spiro atoms. The summed E-state index contributed by atoms with van der Waals surface area (Å²) in [7, 11) is -14.9. The Morgan fingerprint density at radius 2 is 1.67 bits per heavy atom. The van der Waals surface area contributed by atoms with Gasteiger partial charge in [-0.05, 0) is 28.5 Å². The molecular formula is C35H48N7O18P3S. The predicted molar refractivity (Wildman–Crippen MR) is 226 cm³/mol. The fourth-order valence-electron chi connectivity index (χ4n) is 6.18. The van der Waals surface area contributed by atoms with E-state index in [1.54, 1.807) is 14.0 Å². The highest BCUT2D eigenvalue weighted by Crippen LogP contribution is 2.61. The fourth-order valence-corrected chi connectivity index (χ4v) is 9.80. The number of hydrogen-bond acceptors (Lipinski definition) is 19. The summed E-state index contributed by atoms with van der Waals surface area (Å²) in [5.41, 5.74) is 5.09. The Morgan fingerprint density at radius 3 is 2.38 bits per heavy atom. The molecule has 8 atom stereocenters. The third kappa shape index (κ3) is 13.6. The molecule has 2 aromatic heterocycles. The monoisotopic (exact) mass is 979 g/mol. The number of phosphoric ester groups is 3. The topological polar surface area (TPSA) is 373 Å². The summed E-state index contributed by atoms with van der Waals surface area (Å²) in [6, 6.07) is 11.4. The van der Waals surface area contributed by atoms with Crippen LogP contribution in [0, 0.1) is 5.41 Å². The van der Waals surface area contributed by atoms with Gasteiger partial charge in [-0.1, -0.05) is 56.8 Å². The number of carbonyl (C=O) groups excluding carboxylic acids is 3. The van der Waals surface area contributed by atoms with Gasteiger partial charge in [0, 0.05) is 30.7 Å². The molecule has 10 N–H and O–H groups in total. The average Bonchev–Trinajstić information content (AvgIpc) is 3.79. The number of phosphoric acid groups is 3. The molecule has 7 unspecified atom stereocenters. The molecule has 3 heterocycles. The number of fused-ring (bicyclic) bond motifs is 2. The Balaban J connectivity index is 1.03. The Bertz CT molecular complexity index is 2480. The molecule has 0 saturated carbocycles. The number of thioether (sulfide) groups is 1. The molecule has 2 amide bonds. The van der Waals surface area contributed by atoms with Gasteiger partial charge in [0.15, 0.2) is 22.8 Å². The van der Waals surface area contributed by atoms with Crippen LogP contribution in [0.1, 0.15) is 44.9 Å². The molecule has 4 aromatic rings. The summed E-state index contributed by atoms with van der Waals surface area (Å²) in [6.45, 7) is 2.21. The van der Waals surface area contributed by atoms with E-state index >= 15 is 0 Å². The quantitative estimate of drug-likeness (QED) is 0.0399. The van der Waals surface area contributed by atoms with Gasteiger partial charge < -0.3 is 55.6 Å². The van der Waals surface area contributed by atoms with Crippen molar-refractivity contribution < 1.29 is 85.2 Å². The molecule has 25 nitrogen and oxygen atoms in total. The van der Waals surface area contributed by atoms with E-state index in [1.807, 2.05) is 36.4 Å². The summed E-state index contributed by atoms with van der Waals surface area (Å²) in [4.78, 5) is 89.0. The first-order chi connectivity index (χ1) is 29.9. The fraction of sp³-hybridized carbons (Fsp3) is 0.486. The molecule has 1 fully saturated rings. The van der Waals surface area contributed by atoms with Gasteiger partial charge in [-0.25, -0.2) is 28.6 Å². The SMILES string of the molecule is COc1ccc2cc([C@H](C)C(=O)SCCNC(=O)CCNC(=O)C(O)C(C)(C)COP(=O)(O)OP(=O)(O)OCC3OC(n4cnc5c(N)ncnc54)C(O)C3OP(=O)(O)O)ccc2c1. The molecule has 29 heteroatoms. The lowest BCUT2D eigenvalue weighted by atomic mass is 9.87. The minimum absolute atomic E-state index is 0.0270. The van der Waals surface area contributed by atoms with Crippen LogP contribution < -0.4 is 21.1 Å². The number of aromatic nitrogens is 4. The summed E-state index contributed by atoms with van der Waals surface area (Å²) in [5, 5.41) is 28.4. The molecule has 0 aliphatic carbocycles. The number of methoxy groups -OCH3 is 1. The normalized spacial score (nSPS) is 20.9.